The van der Waals surface area contributed by atoms with E-state index >= 15 is 0 Å². The molecule has 3 aromatic rings. The number of rotatable bonds is 13. The number of aromatic nitrogens is 3. The number of benzene rings is 1. The average Bonchev–Trinajstić information content (AvgIpc) is 2.97. The molecule has 1 atom stereocenters. The highest BCUT2D eigenvalue weighted by Crippen LogP contribution is 2.21. The van der Waals surface area contributed by atoms with Crippen molar-refractivity contribution in [2.24, 2.45) is 0 Å². The van der Waals surface area contributed by atoms with Crippen molar-refractivity contribution >= 4 is 40.2 Å². The van der Waals surface area contributed by atoms with Crippen LogP contribution in [0.2, 0.25) is 0 Å². The minimum atomic E-state index is -0.570. The summed E-state index contributed by atoms with van der Waals surface area (Å²) in [6.07, 6.45) is 7.22. The first kappa shape index (κ1) is 32.0. The van der Waals surface area contributed by atoms with Gasteiger partial charge in [0.15, 0.2) is 0 Å². The molecule has 0 spiro atoms. The number of carbonyl (C=O) groups is 2. The molecule has 0 aliphatic heterocycles. The number of hydrogen-bond donors (Lipinski definition) is 3. The van der Waals surface area contributed by atoms with Gasteiger partial charge in [-0.3, -0.25) is 14.6 Å². The summed E-state index contributed by atoms with van der Waals surface area (Å²) in [5, 5.41) is 10.6. The van der Waals surface area contributed by atoms with Gasteiger partial charge in [0.2, 0.25) is 17.8 Å². The summed E-state index contributed by atoms with van der Waals surface area (Å²) in [6.45, 7) is 7.68. The third-order valence-electron chi connectivity index (χ3n) is 6.46. The molecular weight excluding hydrogens is 528 g/mol. The first-order valence-corrected chi connectivity index (χ1v) is 14.3. The second-order valence-electron chi connectivity index (χ2n) is 10.4. The summed E-state index contributed by atoms with van der Waals surface area (Å²) in [5.74, 6) is 7.08. The van der Waals surface area contributed by atoms with Gasteiger partial charge in [-0.25, -0.2) is 4.98 Å². The van der Waals surface area contributed by atoms with Crippen LogP contribution in [-0.2, 0) is 9.59 Å². The maximum absolute atomic E-state index is 12.5. The minimum Gasteiger partial charge on any atom is -0.369 e. The molecule has 10 heteroatoms. The van der Waals surface area contributed by atoms with Gasteiger partial charge in [0.05, 0.1) is 17.3 Å². The summed E-state index contributed by atoms with van der Waals surface area (Å²) in [5.41, 5.74) is 3.51. The van der Waals surface area contributed by atoms with Crippen LogP contribution in [0, 0.1) is 18.8 Å². The standard InChI is InChI=1S/C32H42N8O2/c1-7-18-33-30-26(22-35-32(38-30)37-27-16-17-28-25(21-27)15-14-23(2)36-28)12-9-8-10-19-34-31(42)24(3)40(6)29(41)13-11-20-39(4)5/h11,13-17,21-22,24H,7-8,10,18-20H2,1-6H3,(H,34,42)(H2,33,35,37,38)/t24-/m0/s1. The maximum atomic E-state index is 12.5. The quantitative estimate of drug-likeness (QED) is 0.160. The van der Waals surface area contributed by atoms with E-state index in [4.69, 9.17) is 0 Å². The molecule has 42 heavy (non-hydrogen) atoms. The summed E-state index contributed by atoms with van der Waals surface area (Å²) in [7, 11) is 5.48. The Kier molecular flexibility index (Phi) is 12.3. The monoisotopic (exact) mass is 570 g/mol. The molecular formula is C32H42N8O2. The smallest absolute Gasteiger partial charge is 0.246 e. The Labute approximate surface area is 249 Å². The van der Waals surface area contributed by atoms with Crippen LogP contribution < -0.4 is 16.0 Å². The Morgan fingerprint density at radius 1 is 1.10 bits per heavy atom. The van der Waals surface area contributed by atoms with Crippen LogP contribution in [0.15, 0.2) is 48.7 Å². The first-order chi connectivity index (χ1) is 20.2. The van der Waals surface area contributed by atoms with Crippen LogP contribution in [0.3, 0.4) is 0 Å². The molecule has 3 rings (SSSR count). The predicted octanol–water partition coefficient (Wildman–Crippen LogP) is 4.11. The normalized spacial score (nSPS) is 11.7. The van der Waals surface area contributed by atoms with E-state index in [-0.39, 0.29) is 11.8 Å². The van der Waals surface area contributed by atoms with Crippen molar-refractivity contribution in [1.82, 2.24) is 30.1 Å². The van der Waals surface area contributed by atoms with Crippen molar-refractivity contribution < 1.29 is 9.59 Å². The van der Waals surface area contributed by atoms with E-state index < -0.39 is 6.04 Å². The van der Waals surface area contributed by atoms with E-state index in [1.165, 1.54) is 11.0 Å². The van der Waals surface area contributed by atoms with Crippen molar-refractivity contribution in [1.29, 1.82) is 0 Å². The van der Waals surface area contributed by atoms with Gasteiger partial charge < -0.3 is 25.8 Å². The number of nitrogens with one attached hydrogen (secondary N) is 3. The fraction of sp³-hybridized carbons (Fsp3) is 0.406. The molecule has 2 aromatic heterocycles. The third kappa shape index (κ3) is 9.85. The summed E-state index contributed by atoms with van der Waals surface area (Å²) < 4.78 is 0. The molecule has 1 aromatic carbocycles. The molecule has 0 unspecified atom stereocenters. The number of aryl methyl sites for hydroxylation is 1. The molecule has 222 valence electrons. The van der Waals surface area contributed by atoms with Crippen LogP contribution in [0.25, 0.3) is 10.9 Å². The van der Waals surface area contributed by atoms with Gasteiger partial charge in [-0.15, -0.1) is 0 Å². The zero-order valence-corrected chi connectivity index (χ0v) is 25.5. The lowest BCUT2D eigenvalue weighted by Gasteiger charge is -2.23. The first-order valence-electron chi connectivity index (χ1n) is 14.3. The summed E-state index contributed by atoms with van der Waals surface area (Å²) in [6, 6.07) is 9.44. The van der Waals surface area contributed by atoms with E-state index in [9.17, 15) is 9.59 Å². The van der Waals surface area contributed by atoms with Crippen molar-refractivity contribution in [3.63, 3.8) is 0 Å². The van der Waals surface area contributed by atoms with Crippen LogP contribution >= 0.6 is 0 Å². The van der Waals surface area contributed by atoms with E-state index in [1.54, 1.807) is 26.2 Å². The van der Waals surface area contributed by atoms with Crippen molar-refractivity contribution in [3.05, 3.63) is 59.9 Å². The van der Waals surface area contributed by atoms with E-state index in [0.29, 0.717) is 43.3 Å². The summed E-state index contributed by atoms with van der Waals surface area (Å²) >= 11 is 0. The number of hydrogen-bond acceptors (Lipinski definition) is 8. The molecule has 2 heterocycles. The molecule has 0 radical (unpaired) electrons. The van der Waals surface area contributed by atoms with Crippen molar-refractivity contribution in [2.75, 3.05) is 51.4 Å². The lowest BCUT2D eigenvalue weighted by atomic mass is 10.2. The van der Waals surface area contributed by atoms with Gasteiger partial charge in [0, 0.05) is 55.9 Å². The van der Waals surface area contributed by atoms with Crippen LogP contribution in [0.4, 0.5) is 17.5 Å². The highest BCUT2D eigenvalue weighted by molar-refractivity contribution is 5.92. The SMILES string of the molecule is CCCNc1nc(Nc2ccc3nc(C)ccc3c2)ncc1C#CCCCNC(=O)[C@H](C)N(C)C(=O)C=CCN(C)C. The molecule has 3 N–H and O–H groups in total. The van der Waals surface area contributed by atoms with Crippen LogP contribution in [0.5, 0.6) is 0 Å². The third-order valence-corrected chi connectivity index (χ3v) is 6.46. The molecule has 0 bridgehead atoms. The van der Waals surface area contributed by atoms with Crippen LogP contribution in [-0.4, -0.2) is 83.4 Å². The Morgan fingerprint density at radius 2 is 1.90 bits per heavy atom. The number of likely N-dealkylation sites (N-methyl/N-ethyl adjacent to an activating group) is 2. The highest BCUT2D eigenvalue weighted by Gasteiger charge is 2.20. The predicted molar refractivity (Wildman–Crippen MR) is 170 cm³/mol. The fourth-order valence-corrected chi connectivity index (χ4v) is 3.89. The van der Waals surface area contributed by atoms with Crippen molar-refractivity contribution in [2.45, 2.75) is 46.1 Å². The lowest BCUT2D eigenvalue weighted by Crippen LogP contribution is -2.45. The molecule has 0 aliphatic carbocycles. The number of anilines is 3. The van der Waals surface area contributed by atoms with E-state index in [1.807, 2.05) is 56.3 Å². The Balaban J connectivity index is 1.53. The van der Waals surface area contributed by atoms with Gasteiger partial charge in [-0.1, -0.05) is 30.9 Å². The minimum absolute atomic E-state index is 0.194. The van der Waals surface area contributed by atoms with Crippen molar-refractivity contribution in [3.8, 4) is 11.8 Å². The second-order valence-corrected chi connectivity index (χ2v) is 10.4. The Hall–Kier alpha value is -4.49. The van der Waals surface area contributed by atoms with E-state index in [2.05, 4.69) is 49.7 Å². The van der Waals surface area contributed by atoms with E-state index in [0.717, 1.165) is 35.2 Å². The van der Waals surface area contributed by atoms with Gasteiger partial charge in [-0.2, -0.15) is 4.98 Å². The molecule has 0 fully saturated rings. The number of unbranched alkanes of at least 4 members (excludes halogenated alkanes) is 1. The number of nitrogens with zero attached hydrogens (tertiary/aromatic N) is 5. The maximum Gasteiger partial charge on any atom is 0.246 e. The zero-order valence-electron chi connectivity index (χ0n) is 25.5. The molecule has 2 amide bonds. The Morgan fingerprint density at radius 3 is 2.67 bits per heavy atom. The lowest BCUT2D eigenvalue weighted by molar-refractivity contribution is -0.135. The number of fused-ring (bicyclic) bond motifs is 1. The van der Waals surface area contributed by atoms with Gasteiger partial charge in [0.1, 0.15) is 11.9 Å². The topological polar surface area (TPSA) is 115 Å². The zero-order chi connectivity index (χ0) is 30.5. The molecule has 0 saturated heterocycles. The number of amides is 2. The second kappa shape index (κ2) is 16.1. The average molecular weight is 571 g/mol. The summed E-state index contributed by atoms with van der Waals surface area (Å²) in [4.78, 5) is 41.9. The van der Waals surface area contributed by atoms with Gasteiger partial charge >= 0.3 is 0 Å². The van der Waals surface area contributed by atoms with Crippen LogP contribution in [0.1, 0.15) is 44.4 Å². The fourth-order valence-electron chi connectivity index (χ4n) is 3.89. The van der Waals surface area contributed by atoms with Gasteiger partial charge in [-0.05, 0) is 65.0 Å². The largest absolute Gasteiger partial charge is 0.369 e. The van der Waals surface area contributed by atoms with Gasteiger partial charge in [0.25, 0.3) is 0 Å². The number of carbonyl (C=O) groups excluding carboxylic acids is 2. The Bertz CT molecular complexity index is 1460. The molecule has 10 nitrogen and oxygen atoms in total. The molecule has 0 aliphatic rings. The molecule has 0 saturated carbocycles. The number of pyridine rings is 1. The highest BCUT2D eigenvalue weighted by atomic mass is 16.2.